The number of hydrogen-bond acceptors (Lipinski definition) is 5. The Morgan fingerprint density at radius 1 is 1.08 bits per heavy atom. The Balaban J connectivity index is 1.49. The van der Waals surface area contributed by atoms with Crippen LogP contribution < -0.4 is 10.2 Å². The predicted octanol–water partition coefficient (Wildman–Crippen LogP) is 2.04. The third kappa shape index (κ3) is 4.64. The molecule has 0 saturated carbocycles. The summed E-state index contributed by atoms with van der Waals surface area (Å²) in [6.45, 7) is 5.20. The Morgan fingerprint density at radius 3 is 2.56 bits per heavy atom. The number of piperazine rings is 1. The van der Waals surface area contributed by atoms with E-state index in [1.54, 1.807) is 30.5 Å². The first-order valence-corrected chi connectivity index (χ1v) is 8.41. The molecule has 1 aliphatic rings. The average Bonchev–Trinajstić information content (AvgIpc) is 2.63. The first-order chi connectivity index (χ1) is 12.1. The van der Waals surface area contributed by atoms with Gasteiger partial charge in [-0.15, -0.1) is 0 Å². The molecule has 0 atom stereocenters. The molecule has 130 valence electrons. The molecule has 1 fully saturated rings. The van der Waals surface area contributed by atoms with Crippen LogP contribution in [0.15, 0.2) is 48.7 Å². The highest BCUT2D eigenvalue weighted by molar-refractivity contribution is 5.97. The van der Waals surface area contributed by atoms with Crippen molar-refractivity contribution >= 4 is 23.2 Å². The lowest BCUT2D eigenvalue weighted by Gasteiger charge is -2.34. The number of nitrogens with one attached hydrogen (secondary N) is 1. The molecule has 0 spiro atoms. The van der Waals surface area contributed by atoms with Gasteiger partial charge in [0.1, 0.15) is 5.82 Å². The van der Waals surface area contributed by atoms with Crippen molar-refractivity contribution in [3.63, 3.8) is 0 Å². The van der Waals surface area contributed by atoms with Crippen LogP contribution >= 0.6 is 0 Å². The summed E-state index contributed by atoms with van der Waals surface area (Å²) in [4.78, 5) is 32.4. The molecule has 1 saturated heterocycles. The van der Waals surface area contributed by atoms with E-state index in [0.717, 1.165) is 32.0 Å². The number of Topliss-reactive ketones (excluding diaryl/α,β-unsaturated/α-hetero) is 1. The number of nitrogens with zero attached hydrogens (tertiary/aromatic N) is 3. The van der Waals surface area contributed by atoms with Gasteiger partial charge in [-0.3, -0.25) is 14.5 Å². The van der Waals surface area contributed by atoms with Crippen molar-refractivity contribution in [1.29, 1.82) is 0 Å². The zero-order valence-corrected chi connectivity index (χ0v) is 14.3. The number of amides is 1. The molecule has 1 aromatic carbocycles. The minimum Gasteiger partial charge on any atom is -0.354 e. The van der Waals surface area contributed by atoms with Crippen LogP contribution in [-0.4, -0.2) is 54.3 Å². The standard InChI is InChI=1S/C19H22N4O2/c1-15(24)16-5-4-6-17(13-16)21-19(25)14-22-9-11-23(12-10-22)18-7-2-3-8-20-18/h2-8,13H,9-12,14H2,1H3,(H,21,25). The highest BCUT2D eigenvalue weighted by Gasteiger charge is 2.19. The minimum atomic E-state index is -0.0630. The van der Waals surface area contributed by atoms with Crippen LogP contribution in [0.25, 0.3) is 0 Å². The van der Waals surface area contributed by atoms with Gasteiger partial charge in [0.2, 0.25) is 5.91 Å². The summed E-state index contributed by atoms with van der Waals surface area (Å²) in [6.07, 6.45) is 1.80. The van der Waals surface area contributed by atoms with Crippen molar-refractivity contribution in [2.45, 2.75) is 6.92 Å². The number of carbonyl (C=O) groups excluding carboxylic acids is 2. The molecule has 0 bridgehead atoms. The van der Waals surface area contributed by atoms with E-state index >= 15 is 0 Å². The first-order valence-electron chi connectivity index (χ1n) is 8.41. The smallest absolute Gasteiger partial charge is 0.238 e. The van der Waals surface area contributed by atoms with Gasteiger partial charge in [-0.2, -0.15) is 0 Å². The first kappa shape index (κ1) is 17.1. The van der Waals surface area contributed by atoms with Gasteiger partial charge in [0, 0.05) is 43.6 Å². The van der Waals surface area contributed by atoms with E-state index in [2.05, 4.69) is 20.1 Å². The van der Waals surface area contributed by atoms with Crippen molar-refractivity contribution in [2.75, 3.05) is 42.9 Å². The molecule has 1 N–H and O–H groups in total. The molecule has 1 aliphatic heterocycles. The maximum atomic E-state index is 12.2. The van der Waals surface area contributed by atoms with Gasteiger partial charge in [0.05, 0.1) is 6.54 Å². The number of benzene rings is 1. The Labute approximate surface area is 147 Å². The second-order valence-corrected chi connectivity index (χ2v) is 6.14. The van der Waals surface area contributed by atoms with Gasteiger partial charge in [0.25, 0.3) is 0 Å². The molecule has 1 amide bonds. The van der Waals surface area contributed by atoms with Crippen molar-refractivity contribution in [1.82, 2.24) is 9.88 Å². The summed E-state index contributed by atoms with van der Waals surface area (Å²) in [5, 5.41) is 2.87. The lowest BCUT2D eigenvalue weighted by atomic mass is 10.1. The monoisotopic (exact) mass is 338 g/mol. The summed E-state index contributed by atoms with van der Waals surface area (Å²) >= 11 is 0. The number of pyridine rings is 1. The van der Waals surface area contributed by atoms with Gasteiger partial charge >= 0.3 is 0 Å². The number of hydrogen-bond donors (Lipinski definition) is 1. The fourth-order valence-electron chi connectivity index (χ4n) is 2.90. The van der Waals surface area contributed by atoms with Crippen LogP contribution in [0.5, 0.6) is 0 Å². The SMILES string of the molecule is CC(=O)c1cccc(NC(=O)CN2CCN(c3ccccn3)CC2)c1. The summed E-state index contributed by atoms with van der Waals surface area (Å²) in [5.41, 5.74) is 1.26. The van der Waals surface area contributed by atoms with E-state index in [0.29, 0.717) is 17.8 Å². The maximum absolute atomic E-state index is 12.2. The number of rotatable bonds is 5. The largest absolute Gasteiger partial charge is 0.354 e. The molecule has 2 heterocycles. The van der Waals surface area contributed by atoms with Crippen molar-refractivity contribution < 1.29 is 9.59 Å². The molecule has 2 aromatic rings. The topological polar surface area (TPSA) is 65.5 Å². The molecule has 6 heteroatoms. The molecule has 0 aliphatic carbocycles. The highest BCUT2D eigenvalue weighted by atomic mass is 16.2. The molecule has 3 rings (SSSR count). The molecular formula is C19H22N4O2. The van der Waals surface area contributed by atoms with Crippen molar-refractivity contribution in [2.24, 2.45) is 0 Å². The van der Waals surface area contributed by atoms with E-state index in [1.807, 2.05) is 18.2 Å². The Bertz CT molecular complexity index is 740. The lowest BCUT2D eigenvalue weighted by molar-refractivity contribution is -0.117. The van der Waals surface area contributed by atoms with E-state index in [4.69, 9.17) is 0 Å². The van der Waals surface area contributed by atoms with Gasteiger partial charge in [0.15, 0.2) is 5.78 Å². The summed E-state index contributed by atoms with van der Waals surface area (Å²) in [7, 11) is 0. The molecule has 0 unspecified atom stereocenters. The zero-order valence-electron chi connectivity index (χ0n) is 14.3. The van der Waals surface area contributed by atoms with E-state index in [9.17, 15) is 9.59 Å². The second-order valence-electron chi connectivity index (χ2n) is 6.14. The number of anilines is 2. The van der Waals surface area contributed by atoms with Crippen molar-refractivity contribution in [3.8, 4) is 0 Å². The van der Waals surface area contributed by atoms with Gasteiger partial charge < -0.3 is 10.2 Å². The lowest BCUT2D eigenvalue weighted by Crippen LogP contribution is -2.48. The maximum Gasteiger partial charge on any atom is 0.238 e. The quantitative estimate of drug-likeness (QED) is 0.845. The zero-order chi connectivity index (χ0) is 17.6. The number of carbonyl (C=O) groups is 2. The molecular weight excluding hydrogens is 316 g/mol. The van der Waals surface area contributed by atoms with E-state index < -0.39 is 0 Å². The summed E-state index contributed by atoms with van der Waals surface area (Å²) in [6, 6.07) is 12.9. The highest BCUT2D eigenvalue weighted by Crippen LogP contribution is 2.13. The normalized spacial score (nSPS) is 15.0. The van der Waals surface area contributed by atoms with E-state index in [-0.39, 0.29) is 11.7 Å². The molecule has 1 aromatic heterocycles. The van der Waals surface area contributed by atoms with Crippen LogP contribution in [0, 0.1) is 0 Å². The minimum absolute atomic E-state index is 0.0123. The third-order valence-electron chi connectivity index (χ3n) is 4.27. The third-order valence-corrected chi connectivity index (χ3v) is 4.27. The van der Waals surface area contributed by atoms with Crippen LogP contribution in [0.4, 0.5) is 11.5 Å². The van der Waals surface area contributed by atoms with Crippen LogP contribution in [0.1, 0.15) is 17.3 Å². The second kappa shape index (κ2) is 7.90. The fourth-order valence-corrected chi connectivity index (χ4v) is 2.90. The van der Waals surface area contributed by atoms with Gasteiger partial charge in [-0.05, 0) is 31.2 Å². The number of aromatic nitrogens is 1. The fraction of sp³-hybridized carbons (Fsp3) is 0.316. The van der Waals surface area contributed by atoms with Crippen LogP contribution in [0.3, 0.4) is 0 Å². The van der Waals surface area contributed by atoms with Crippen molar-refractivity contribution in [3.05, 3.63) is 54.2 Å². The van der Waals surface area contributed by atoms with E-state index in [1.165, 1.54) is 6.92 Å². The Kier molecular flexibility index (Phi) is 5.40. The van der Waals surface area contributed by atoms with Crippen LogP contribution in [0.2, 0.25) is 0 Å². The summed E-state index contributed by atoms with van der Waals surface area (Å²) in [5.74, 6) is 0.904. The van der Waals surface area contributed by atoms with Gasteiger partial charge in [-0.25, -0.2) is 4.98 Å². The molecule has 6 nitrogen and oxygen atoms in total. The Hall–Kier alpha value is -2.73. The average molecular weight is 338 g/mol. The van der Waals surface area contributed by atoms with Crippen LogP contribution in [-0.2, 0) is 4.79 Å². The number of ketones is 1. The molecule has 0 radical (unpaired) electrons. The summed E-state index contributed by atoms with van der Waals surface area (Å²) < 4.78 is 0. The molecule has 25 heavy (non-hydrogen) atoms. The van der Waals surface area contributed by atoms with Gasteiger partial charge in [-0.1, -0.05) is 18.2 Å². The Morgan fingerprint density at radius 2 is 1.88 bits per heavy atom. The predicted molar refractivity (Wildman–Crippen MR) is 98.0 cm³/mol.